The molecule has 0 saturated heterocycles. The summed E-state index contributed by atoms with van der Waals surface area (Å²) in [5.41, 5.74) is 3.88. The molecule has 2 N–H and O–H groups in total. The van der Waals surface area contributed by atoms with Gasteiger partial charge in [0.05, 0.1) is 11.1 Å². The minimum absolute atomic E-state index is 0.407. The Morgan fingerprint density at radius 2 is 2.00 bits per heavy atom. The number of benzene rings is 1. The molecule has 0 spiro atoms. The van der Waals surface area contributed by atoms with Gasteiger partial charge in [-0.15, -0.1) is 0 Å². The van der Waals surface area contributed by atoms with Gasteiger partial charge >= 0.3 is 0 Å². The van der Waals surface area contributed by atoms with E-state index in [0.717, 1.165) is 6.07 Å². The summed E-state index contributed by atoms with van der Waals surface area (Å²) in [6.07, 6.45) is 0. The normalized spacial score (nSPS) is 9.31. The third-order valence-electron chi connectivity index (χ3n) is 1.44. The van der Waals surface area contributed by atoms with Gasteiger partial charge in [0.2, 0.25) is 0 Å². The van der Waals surface area contributed by atoms with E-state index in [9.17, 15) is 13.6 Å². The van der Waals surface area contributed by atoms with Crippen molar-refractivity contribution in [2.24, 2.45) is 5.73 Å². The summed E-state index contributed by atoms with van der Waals surface area (Å²) in [7, 11) is 0. The molecule has 0 aliphatic heterocycles. The van der Waals surface area contributed by atoms with Crippen LogP contribution >= 0.6 is 0 Å². The standard InChI is InChI=1S/C8H4F2N2O/c9-6-2-7(10)5(8(12)13)1-4(6)3-11/h1-2H,(H2,12,13). The van der Waals surface area contributed by atoms with Gasteiger partial charge < -0.3 is 5.73 Å². The fraction of sp³-hybridized carbons (Fsp3) is 0. The van der Waals surface area contributed by atoms with Crippen LogP contribution in [-0.2, 0) is 0 Å². The van der Waals surface area contributed by atoms with Gasteiger partial charge in [0.15, 0.2) is 0 Å². The Kier molecular flexibility index (Phi) is 2.24. The molecule has 0 bridgehead atoms. The van der Waals surface area contributed by atoms with Crippen LogP contribution in [0.1, 0.15) is 15.9 Å². The summed E-state index contributed by atoms with van der Waals surface area (Å²) in [5, 5.41) is 8.35. The minimum atomic E-state index is -1.07. The molecular weight excluding hydrogens is 178 g/mol. The zero-order valence-corrected chi connectivity index (χ0v) is 6.34. The molecule has 5 heteroatoms. The smallest absolute Gasteiger partial charge is 0.251 e. The number of nitrogens with zero attached hydrogens (tertiary/aromatic N) is 1. The number of amides is 1. The number of rotatable bonds is 1. The molecule has 66 valence electrons. The Hall–Kier alpha value is -1.96. The van der Waals surface area contributed by atoms with Crippen molar-refractivity contribution in [1.29, 1.82) is 5.26 Å². The SMILES string of the molecule is N#Cc1cc(C(N)=O)c(F)cc1F. The van der Waals surface area contributed by atoms with E-state index in [0.29, 0.717) is 6.07 Å². The second-order valence-electron chi connectivity index (χ2n) is 2.29. The third kappa shape index (κ3) is 1.62. The Labute approximate surface area is 72.4 Å². The lowest BCUT2D eigenvalue weighted by molar-refractivity contribution is 0.0996. The maximum atomic E-state index is 12.8. The molecule has 13 heavy (non-hydrogen) atoms. The fourth-order valence-electron chi connectivity index (χ4n) is 0.823. The quantitative estimate of drug-likeness (QED) is 0.702. The highest BCUT2D eigenvalue weighted by Crippen LogP contribution is 2.13. The van der Waals surface area contributed by atoms with Crippen LogP contribution in [0.15, 0.2) is 12.1 Å². The molecule has 1 amide bonds. The highest BCUT2D eigenvalue weighted by molar-refractivity contribution is 5.93. The number of carbonyl (C=O) groups excluding carboxylic acids is 1. The number of nitrogens with two attached hydrogens (primary N) is 1. The van der Waals surface area contributed by atoms with Gasteiger partial charge in [-0.2, -0.15) is 5.26 Å². The van der Waals surface area contributed by atoms with Crippen molar-refractivity contribution in [2.75, 3.05) is 0 Å². The maximum Gasteiger partial charge on any atom is 0.251 e. The molecule has 0 heterocycles. The summed E-state index contributed by atoms with van der Waals surface area (Å²) in [4.78, 5) is 10.6. The summed E-state index contributed by atoms with van der Waals surface area (Å²) in [5.74, 6) is -3.11. The first-order valence-electron chi connectivity index (χ1n) is 3.25. The number of carbonyl (C=O) groups is 1. The Balaban J connectivity index is 3.41. The van der Waals surface area contributed by atoms with E-state index in [-0.39, 0.29) is 0 Å². The van der Waals surface area contributed by atoms with Crippen molar-refractivity contribution in [1.82, 2.24) is 0 Å². The van der Waals surface area contributed by atoms with Gasteiger partial charge in [0.25, 0.3) is 5.91 Å². The molecular formula is C8H4F2N2O. The lowest BCUT2D eigenvalue weighted by Crippen LogP contribution is -2.13. The van der Waals surface area contributed by atoms with Crippen LogP contribution in [0.3, 0.4) is 0 Å². The number of primary amides is 1. The van der Waals surface area contributed by atoms with Crippen LogP contribution in [0.4, 0.5) is 8.78 Å². The van der Waals surface area contributed by atoms with E-state index in [2.05, 4.69) is 0 Å². The first kappa shape index (κ1) is 9.13. The molecule has 3 nitrogen and oxygen atoms in total. The predicted molar refractivity (Wildman–Crippen MR) is 39.6 cm³/mol. The number of nitriles is 1. The first-order valence-corrected chi connectivity index (χ1v) is 3.25. The van der Waals surface area contributed by atoms with Crippen molar-refractivity contribution in [2.45, 2.75) is 0 Å². The van der Waals surface area contributed by atoms with E-state index in [1.54, 1.807) is 0 Å². The van der Waals surface area contributed by atoms with Crippen molar-refractivity contribution in [3.63, 3.8) is 0 Å². The largest absolute Gasteiger partial charge is 0.366 e. The summed E-state index contributed by atoms with van der Waals surface area (Å²) < 4.78 is 25.4. The maximum absolute atomic E-state index is 12.8. The third-order valence-corrected chi connectivity index (χ3v) is 1.44. The van der Waals surface area contributed by atoms with E-state index in [1.807, 2.05) is 0 Å². The minimum Gasteiger partial charge on any atom is -0.366 e. The van der Waals surface area contributed by atoms with Crippen LogP contribution in [-0.4, -0.2) is 5.91 Å². The van der Waals surface area contributed by atoms with Gasteiger partial charge in [-0.05, 0) is 6.07 Å². The number of halogens is 2. The van der Waals surface area contributed by atoms with Crippen molar-refractivity contribution in [3.8, 4) is 6.07 Å². The molecule has 1 aromatic rings. The lowest BCUT2D eigenvalue weighted by atomic mass is 10.1. The second-order valence-corrected chi connectivity index (χ2v) is 2.29. The molecule has 0 unspecified atom stereocenters. The predicted octanol–water partition coefficient (Wildman–Crippen LogP) is 0.935. The van der Waals surface area contributed by atoms with Crippen molar-refractivity contribution < 1.29 is 13.6 Å². The van der Waals surface area contributed by atoms with E-state index in [1.165, 1.54) is 6.07 Å². The number of hydrogen-bond acceptors (Lipinski definition) is 2. The van der Waals surface area contributed by atoms with E-state index in [4.69, 9.17) is 11.0 Å². The number of hydrogen-bond donors (Lipinski definition) is 1. The Bertz CT molecular complexity index is 409. The van der Waals surface area contributed by atoms with Gasteiger partial charge in [0.1, 0.15) is 17.7 Å². The monoisotopic (exact) mass is 182 g/mol. The molecule has 0 radical (unpaired) electrons. The molecule has 0 fully saturated rings. The van der Waals surface area contributed by atoms with Gasteiger partial charge in [-0.3, -0.25) is 4.79 Å². The van der Waals surface area contributed by atoms with Crippen molar-refractivity contribution >= 4 is 5.91 Å². The molecule has 0 aromatic heterocycles. The molecule has 0 saturated carbocycles. The second kappa shape index (κ2) is 3.19. The zero-order valence-electron chi connectivity index (χ0n) is 6.34. The molecule has 0 aliphatic rings. The highest BCUT2D eigenvalue weighted by atomic mass is 19.1. The summed E-state index contributed by atoms with van der Waals surface area (Å²) in [6, 6.07) is 2.71. The summed E-state index contributed by atoms with van der Waals surface area (Å²) >= 11 is 0. The Morgan fingerprint density at radius 1 is 1.38 bits per heavy atom. The van der Waals surface area contributed by atoms with E-state index < -0.39 is 28.7 Å². The van der Waals surface area contributed by atoms with Gasteiger partial charge in [-0.25, -0.2) is 8.78 Å². The van der Waals surface area contributed by atoms with Crippen LogP contribution in [0.25, 0.3) is 0 Å². The zero-order chi connectivity index (χ0) is 10.0. The van der Waals surface area contributed by atoms with Crippen molar-refractivity contribution in [3.05, 3.63) is 34.9 Å². The molecule has 1 rings (SSSR count). The average Bonchev–Trinajstić information content (AvgIpc) is 2.03. The molecule has 0 aliphatic carbocycles. The topological polar surface area (TPSA) is 66.9 Å². The molecule has 1 aromatic carbocycles. The van der Waals surface area contributed by atoms with Crippen LogP contribution in [0, 0.1) is 23.0 Å². The summed E-state index contributed by atoms with van der Waals surface area (Å²) in [6.45, 7) is 0. The van der Waals surface area contributed by atoms with Crippen LogP contribution < -0.4 is 5.73 Å². The van der Waals surface area contributed by atoms with Crippen LogP contribution in [0.5, 0.6) is 0 Å². The lowest BCUT2D eigenvalue weighted by Gasteiger charge is -1.99. The fourth-order valence-corrected chi connectivity index (χ4v) is 0.823. The van der Waals surface area contributed by atoms with Crippen LogP contribution in [0.2, 0.25) is 0 Å². The molecule has 0 atom stereocenters. The first-order chi connectivity index (χ1) is 6.06. The average molecular weight is 182 g/mol. The van der Waals surface area contributed by atoms with E-state index >= 15 is 0 Å². The Morgan fingerprint density at radius 3 is 2.46 bits per heavy atom. The van der Waals surface area contributed by atoms with Gasteiger partial charge in [-0.1, -0.05) is 0 Å². The van der Waals surface area contributed by atoms with Gasteiger partial charge in [0, 0.05) is 6.07 Å². The highest BCUT2D eigenvalue weighted by Gasteiger charge is 2.12.